The number of halogens is 7. The molecule has 0 atom stereocenters. The quantitative estimate of drug-likeness (QED) is 0.814. The number of rotatable bonds is 2. The van der Waals surface area contributed by atoms with Gasteiger partial charge in [0.15, 0.2) is 23.0 Å². The molecule has 0 aliphatic heterocycles. The maximum atomic E-state index is 12.6. The number of imidazole rings is 1. The molecule has 2 aromatic rings. The summed E-state index contributed by atoms with van der Waals surface area (Å²) in [6.07, 6.45) is -8.90. The van der Waals surface area contributed by atoms with Gasteiger partial charge in [0, 0.05) is 6.07 Å². The number of nitrogens with one attached hydrogen (secondary N) is 1. The third-order valence-electron chi connectivity index (χ3n) is 2.08. The van der Waals surface area contributed by atoms with Gasteiger partial charge < -0.3 is 9.72 Å². The van der Waals surface area contributed by atoms with Crippen molar-refractivity contribution in [1.29, 1.82) is 0 Å². The molecule has 0 saturated carbocycles. The van der Waals surface area contributed by atoms with Crippen LogP contribution in [0.5, 0.6) is 5.75 Å². The van der Waals surface area contributed by atoms with Crippen LogP contribution in [-0.4, -0.2) is 26.5 Å². The third-order valence-corrected chi connectivity index (χ3v) is 2.65. The lowest BCUT2D eigenvalue weighted by molar-refractivity contribution is -0.274. The largest absolute Gasteiger partial charge is 0.573 e. The van der Waals surface area contributed by atoms with Crippen molar-refractivity contribution in [2.45, 2.75) is 12.5 Å². The van der Waals surface area contributed by atoms with Gasteiger partial charge in [0.2, 0.25) is 0 Å². The highest BCUT2D eigenvalue weighted by Gasteiger charge is 2.38. The van der Waals surface area contributed by atoms with Crippen molar-refractivity contribution in [2.24, 2.45) is 0 Å². The van der Waals surface area contributed by atoms with E-state index in [-0.39, 0.29) is 0 Å². The first-order valence-corrected chi connectivity index (χ1v) is 5.78. The molecule has 0 fully saturated rings. The maximum absolute atomic E-state index is 12.6. The Kier molecular flexibility index (Phi) is 3.82. The SMILES string of the molecule is FC(F)(F)Oc1ccnnc1-c1nc(Br)c(C(F)(F)F)[nH]1. The summed E-state index contributed by atoms with van der Waals surface area (Å²) in [5.41, 5.74) is -1.87. The van der Waals surface area contributed by atoms with Crippen molar-refractivity contribution < 1.29 is 31.1 Å². The first-order chi connectivity index (χ1) is 9.58. The Balaban J connectivity index is 2.48. The number of ether oxygens (including phenoxy) is 1. The van der Waals surface area contributed by atoms with Gasteiger partial charge in [-0.1, -0.05) is 0 Å². The van der Waals surface area contributed by atoms with Gasteiger partial charge in [-0.15, -0.1) is 18.3 Å². The molecule has 5 nitrogen and oxygen atoms in total. The molecule has 0 amide bonds. The third kappa shape index (κ3) is 3.62. The van der Waals surface area contributed by atoms with Crippen molar-refractivity contribution in [2.75, 3.05) is 0 Å². The molecule has 0 unspecified atom stereocenters. The second-order valence-electron chi connectivity index (χ2n) is 3.54. The van der Waals surface area contributed by atoms with Gasteiger partial charge in [-0.2, -0.15) is 18.3 Å². The fourth-order valence-corrected chi connectivity index (χ4v) is 1.84. The first-order valence-electron chi connectivity index (χ1n) is 4.98. The van der Waals surface area contributed by atoms with E-state index in [1.807, 2.05) is 4.98 Å². The summed E-state index contributed by atoms with van der Waals surface area (Å²) in [6.45, 7) is 0. The van der Waals surface area contributed by atoms with E-state index in [1.54, 1.807) is 0 Å². The average Bonchev–Trinajstić information content (AvgIpc) is 2.69. The van der Waals surface area contributed by atoms with Crippen molar-refractivity contribution in [3.8, 4) is 17.3 Å². The van der Waals surface area contributed by atoms with Crippen LogP contribution in [0.4, 0.5) is 26.3 Å². The van der Waals surface area contributed by atoms with Gasteiger partial charge >= 0.3 is 12.5 Å². The Morgan fingerprint density at radius 3 is 2.33 bits per heavy atom. The number of hydrogen-bond acceptors (Lipinski definition) is 4. The molecule has 12 heteroatoms. The molecule has 1 N–H and O–H groups in total. The number of nitrogens with zero attached hydrogens (tertiary/aromatic N) is 3. The fourth-order valence-electron chi connectivity index (χ4n) is 1.34. The van der Waals surface area contributed by atoms with Gasteiger partial charge in [0.1, 0.15) is 4.60 Å². The Labute approximate surface area is 120 Å². The van der Waals surface area contributed by atoms with Crippen LogP contribution in [0, 0.1) is 0 Å². The van der Waals surface area contributed by atoms with E-state index < -0.39 is 40.1 Å². The molecule has 2 aromatic heterocycles. The van der Waals surface area contributed by atoms with Crippen molar-refractivity contribution >= 4 is 15.9 Å². The van der Waals surface area contributed by atoms with Crippen LogP contribution in [0.2, 0.25) is 0 Å². The lowest BCUT2D eigenvalue weighted by atomic mass is 10.3. The van der Waals surface area contributed by atoms with Gasteiger partial charge in [-0.25, -0.2) is 4.98 Å². The number of alkyl halides is 6. The minimum atomic E-state index is -5.03. The van der Waals surface area contributed by atoms with Crippen LogP contribution in [0.1, 0.15) is 5.69 Å². The van der Waals surface area contributed by atoms with Crippen LogP contribution in [0.3, 0.4) is 0 Å². The van der Waals surface area contributed by atoms with E-state index in [4.69, 9.17) is 0 Å². The summed E-state index contributed by atoms with van der Waals surface area (Å²) in [5, 5.41) is 6.61. The molecule has 2 heterocycles. The van der Waals surface area contributed by atoms with E-state index in [9.17, 15) is 26.3 Å². The molecule has 0 bridgehead atoms. The smallest absolute Gasteiger partial charge is 0.403 e. The molecule has 114 valence electrons. The van der Waals surface area contributed by atoms with Crippen molar-refractivity contribution in [3.63, 3.8) is 0 Å². The molecule has 0 spiro atoms. The second-order valence-corrected chi connectivity index (χ2v) is 4.29. The second kappa shape index (κ2) is 5.16. The normalized spacial score (nSPS) is 12.5. The summed E-state index contributed by atoms with van der Waals surface area (Å²) in [6, 6.07) is 0.805. The topological polar surface area (TPSA) is 63.7 Å². The Morgan fingerprint density at radius 2 is 1.81 bits per heavy atom. The predicted molar refractivity (Wildman–Crippen MR) is 59.0 cm³/mol. The standard InChI is InChI=1S/C9H3BrF6N4O/c10-6-5(8(11,12)13)18-7(19-6)4-3(1-2-17-20-4)21-9(14,15)16/h1-2H,(H,18,19). The Morgan fingerprint density at radius 1 is 1.14 bits per heavy atom. The zero-order valence-corrected chi connectivity index (χ0v) is 11.1. The Hall–Kier alpha value is -1.85. The Bertz CT molecular complexity index is 652. The van der Waals surface area contributed by atoms with Gasteiger partial charge in [0.25, 0.3) is 0 Å². The van der Waals surface area contributed by atoms with Gasteiger partial charge in [-0.3, -0.25) is 0 Å². The average molecular weight is 377 g/mol. The minimum Gasteiger partial charge on any atom is -0.403 e. The van der Waals surface area contributed by atoms with Crippen LogP contribution >= 0.6 is 15.9 Å². The van der Waals surface area contributed by atoms with E-state index in [0.29, 0.717) is 0 Å². The summed E-state index contributed by atoms with van der Waals surface area (Å²) in [4.78, 5) is 5.26. The van der Waals surface area contributed by atoms with E-state index in [0.717, 1.165) is 12.3 Å². The predicted octanol–water partition coefficient (Wildman–Crippen LogP) is 3.55. The molecule has 2 rings (SSSR count). The molecule has 0 radical (unpaired) electrons. The number of hydrogen-bond donors (Lipinski definition) is 1. The summed E-state index contributed by atoms with van der Waals surface area (Å²) < 4.78 is 77.5. The molecule has 0 aliphatic carbocycles. The summed E-state index contributed by atoms with van der Waals surface area (Å²) >= 11 is 2.56. The fraction of sp³-hybridized carbons (Fsp3) is 0.222. The van der Waals surface area contributed by atoms with Crippen molar-refractivity contribution in [3.05, 3.63) is 22.6 Å². The summed E-state index contributed by atoms with van der Waals surface area (Å²) in [5.74, 6) is -1.39. The molecule has 0 aliphatic rings. The van der Waals surface area contributed by atoms with Crippen LogP contribution in [0.25, 0.3) is 11.5 Å². The highest BCUT2D eigenvalue weighted by molar-refractivity contribution is 9.10. The lowest BCUT2D eigenvalue weighted by Gasteiger charge is -2.10. The highest BCUT2D eigenvalue weighted by Crippen LogP contribution is 2.36. The highest BCUT2D eigenvalue weighted by atomic mass is 79.9. The van der Waals surface area contributed by atoms with Gasteiger partial charge in [0.05, 0.1) is 6.20 Å². The van der Waals surface area contributed by atoms with Crippen LogP contribution in [0.15, 0.2) is 16.9 Å². The summed E-state index contributed by atoms with van der Waals surface area (Å²) in [7, 11) is 0. The molecular formula is C9H3BrF6N4O. The number of aromatic amines is 1. The van der Waals surface area contributed by atoms with E-state index in [2.05, 4.69) is 35.8 Å². The molecular weight excluding hydrogens is 374 g/mol. The minimum absolute atomic E-state index is 0.568. The zero-order valence-electron chi connectivity index (χ0n) is 9.55. The van der Waals surface area contributed by atoms with E-state index >= 15 is 0 Å². The lowest BCUT2D eigenvalue weighted by Crippen LogP contribution is -2.18. The van der Waals surface area contributed by atoms with E-state index in [1.165, 1.54) is 0 Å². The van der Waals surface area contributed by atoms with Gasteiger partial charge in [-0.05, 0) is 15.9 Å². The first kappa shape index (κ1) is 15.5. The maximum Gasteiger partial charge on any atom is 0.573 e. The number of aromatic nitrogens is 4. The zero-order chi connectivity index (χ0) is 15.8. The molecule has 21 heavy (non-hydrogen) atoms. The van der Waals surface area contributed by atoms with Crippen LogP contribution in [-0.2, 0) is 6.18 Å². The monoisotopic (exact) mass is 376 g/mol. The van der Waals surface area contributed by atoms with Crippen LogP contribution < -0.4 is 4.74 Å². The van der Waals surface area contributed by atoms with Crippen molar-refractivity contribution in [1.82, 2.24) is 20.2 Å². The molecule has 0 aromatic carbocycles. The number of H-pyrrole nitrogens is 1. The molecule has 0 saturated heterocycles.